The lowest BCUT2D eigenvalue weighted by molar-refractivity contribution is 0.952. The molecule has 0 amide bonds. The third kappa shape index (κ3) is 3.85. The Morgan fingerprint density at radius 1 is 0.510 bits per heavy atom. The van der Waals surface area contributed by atoms with Crippen molar-refractivity contribution in [3.8, 4) is 34.3 Å². The fourth-order valence-electron chi connectivity index (χ4n) is 7.42. The van der Waals surface area contributed by atoms with Crippen LogP contribution < -0.4 is 0 Å². The van der Waals surface area contributed by atoms with Crippen LogP contribution in [0.5, 0.6) is 0 Å². The van der Waals surface area contributed by atoms with Gasteiger partial charge in [0.15, 0.2) is 0 Å². The van der Waals surface area contributed by atoms with Crippen molar-refractivity contribution in [2.24, 2.45) is 0 Å². The Hall–Kier alpha value is -6.31. The molecule has 0 unspecified atom stereocenters. The number of para-hydroxylation sites is 3. The highest BCUT2D eigenvalue weighted by Crippen LogP contribution is 2.49. The maximum Gasteiger partial charge on any atom is 0.237 e. The molecule has 6 heterocycles. The molecule has 7 heteroatoms. The Labute approximate surface area is 284 Å². The molecule has 0 saturated carbocycles. The molecular formula is C42H24N6S. The normalized spacial score (nSPS) is 12.4. The van der Waals surface area contributed by atoms with Gasteiger partial charge in [0.1, 0.15) is 5.65 Å². The van der Waals surface area contributed by atoms with Gasteiger partial charge in [-0.05, 0) is 42.5 Å². The molecule has 0 fully saturated rings. The summed E-state index contributed by atoms with van der Waals surface area (Å²) in [6.07, 6.45) is 1.82. The lowest BCUT2D eigenvalue weighted by atomic mass is 10.1. The van der Waals surface area contributed by atoms with Crippen LogP contribution >= 0.6 is 11.8 Å². The highest BCUT2D eigenvalue weighted by molar-refractivity contribution is 7.99. The van der Waals surface area contributed by atoms with E-state index in [1.54, 1.807) is 0 Å². The molecule has 0 aliphatic carbocycles. The fourth-order valence-corrected chi connectivity index (χ4v) is 8.51. The summed E-state index contributed by atoms with van der Waals surface area (Å²) in [4.78, 5) is 23.0. The van der Waals surface area contributed by atoms with Gasteiger partial charge in [-0.3, -0.25) is 14.1 Å². The molecule has 11 rings (SSSR count). The van der Waals surface area contributed by atoms with Gasteiger partial charge < -0.3 is 0 Å². The summed E-state index contributed by atoms with van der Waals surface area (Å²) in [5.74, 6) is 0.594. The molecular weight excluding hydrogens is 621 g/mol. The number of hydrogen-bond donors (Lipinski definition) is 0. The van der Waals surface area contributed by atoms with Crippen molar-refractivity contribution in [3.63, 3.8) is 0 Å². The Bertz CT molecular complexity index is 2980. The second-order valence-electron chi connectivity index (χ2n) is 12.3. The van der Waals surface area contributed by atoms with Gasteiger partial charge in [0.05, 0.1) is 44.8 Å². The van der Waals surface area contributed by atoms with Crippen molar-refractivity contribution >= 4 is 66.4 Å². The van der Waals surface area contributed by atoms with Crippen molar-refractivity contribution in [2.75, 3.05) is 0 Å². The molecule has 0 spiro atoms. The molecule has 1 aliphatic heterocycles. The number of nitrogens with zero attached hydrogens (tertiary/aromatic N) is 6. The van der Waals surface area contributed by atoms with E-state index in [2.05, 4.69) is 124 Å². The van der Waals surface area contributed by atoms with Gasteiger partial charge in [-0.1, -0.05) is 109 Å². The van der Waals surface area contributed by atoms with E-state index in [0.29, 0.717) is 5.95 Å². The molecule has 0 N–H and O–H groups in total. The lowest BCUT2D eigenvalue weighted by Crippen LogP contribution is -2.09. The summed E-state index contributed by atoms with van der Waals surface area (Å²) in [5, 5.41) is 5.68. The number of rotatable bonds is 3. The Balaban J connectivity index is 1.27. The van der Waals surface area contributed by atoms with E-state index < -0.39 is 0 Å². The Morgan fingerprint density at radius 3 is 2.20 bits per heavy atom. The van der Waals surface area contributed by atoms with Crippen LogP contribution in [0.2, 0.25) is 0 Å². The van der Waals surface area contributed by atoms with Gasteiger partial charge in [-0.2, -0.15) is 0 Å². The molecule has 228 valence electrons. The number of benzene rings is 5. The van der Waals surface area contributed by atoms with Crippen LogP contribution in [0.3, 0.4) is 0 Å². The van der Waals surface area contributed by atoms with Crippen molar-refractivity contribution in [2.45, 2.75) is 9.79 Å². The zero-order valence-electron chi connectivity index (χ0n) is 25.9. The van der Waals surface area contributed by atoms with E-state index in [-0.39, 0.29) is 0 Å². The molecule has 6 nitrogen and oxygen atoms in total. The van der Waals surface area contributed by atoms with Crippen LogP contribution in [0, 0.1) is 0 Å². The first kappa shape index (κ1) is 26.7. The zero-order valence-corrected chi connectivity index (χ0v) is 26.8. The molecule has 0 saturated heterocycles. The Kier molecular flexibility index (Phi) is 5.51. The van der Waals surface area contributed by atoms with E-state index in [1.807, 2.05) is 42.2 Å². The first-order chi connectivity index (χ1) is 24.3. The van der Waals surface area contributed by atoms with Crippen LogP contribution in [0.15, 0.2) is 156 Å². The minimum atomic E-state index is 0.594. The molecule has 0 radical (unpaired) electrons. The van der Waals surface area contributed by atoms with Crippen LogP contribution in [-0.2, 0) is 0 Å². The van der Waals surface area contributed by atoms with Crippen LogP contribution in [0.25, 0.3) is 88.9 Å². The first-order valence-electron chi connectivity index (χ1n) is 16.2. The molecule has 0 atom stereocenters. The van der Waals surface area contributed by atoms with Crippen LogP contribution in [0.4, 0.5) is 0 Å². The van der Waals surface area contributed by atoms with Gasteiger partial charge in [-0.25, -0.2) is 15.0 Å². The molecule has 10 aromatic rings. The average Bonchev–Trinajstić information content (AvgIpc) is 3.69. The van der Waals surface area contributed by atoms with Crippen molar-refractivity contribution < 1.29 is 0 Å². The SMILES string of the molecule is c1ccc(-c2cc(-c3ccc4ccc5cccnc5c4n3)nc(-n3c4ccccc4c4c5cccc6c5n(c43)-c3ccccc3S6)n2)cc1. The molecule has 49 heavy (non-hydrogen) atoms. The van der Waals surface area contributed by atoms with Gasteiger partial charge in [0.2, 0.25) is 5.95 Å². The van der Waals surface area contributed by atoms with Crippen LogP contribution in [-0.4, -0.2) is 29.1 Å². The summed E-state index contributed by atoms with van der Waals surface area (Å²) in [6, 6.07) is 48.6. The summed E-state index contributed by atoms with van der Waals surface area (Å²) in [7, 11) is 0. The van der Waals surface area contributed by atoms with Crippen molar-refractivity contribution in [1.82, 2.24) is 29.1 Å². The van der Waals surface area contributed by atoms with Crippen LogP contribution in [0.1, 0.15) is 0 Å². The monoisotopic (exact) mass is 644 g/mol. The van der Waals surface area contributed by atoms with E-state index in [0.717, 1.165) is 61.3 Å². The number of hydrogen-bond acceptors (Lipinski definition) is 5. The zero-order chi connectivity index (χ0) is 32.1. The second kappa shape index (κ2) is 10.1. The molecule has 5 aromatic heterocycles. The summed E-state index contributed by atoms with van der Waals surface area (Å²) < 4.78 is 4.66. The predicted molar refractivity (Wildman–Crippen MR) is 199 cm³/mol. The van der Waals surface area contributed by atoms with E-state index >= 15 is 0 Å². The van der Waals surface area contributed by atoms with Gasteiger partial charge in [0, 0.05) is 48.5 Å². The van der Waals surface area contributed by atoms with Crippen molar-refractivity contribution in [3.05, 3.63) is 146 Å². The lowest BCUT2D eigenvalue weighted by Gasteiger charge is -2.20. The van der Waals surface area contributed by atoms with E-state index in [9.17, 15) is 0 Å². The standard InChI is InChI=1S/C42H24N6S/c1-2-10-25(11-3-1)31-24-32(30-22-21-27-20-19-26-12-9-23-43-38(26)39(27)44-30)46-42(45-31)48-33-15-5-4-13-28(33)37-29-14-8-18-36-40(29)47(41(37)48)34-16-6-7-17-35(34)49-36/h1-24H. The maximum absolute atomic E-state index is 5.35. The van der Waals surface area contributed by atoms with Gasteiger partial charge in [-0.15, -0.1) is 0 Å². The minimum absolute atomic E-state index is 0.594. The maximum atomic E-state index is 5.35. The fraction of sp³-hybridized carbons (Fsp3) is 0. The Morgan fingerprint density at radius 2 is 1.27 bits per heavy atom. The average molecular weight is 645 g/mol. The summed E-state index contributed by atoms with van der Waals surface area (Å²) in [5.41, 5.74) is 9.57. The minimum Gasteiger partial charge on any atom is -0.293 e. The molecule has 0 bridgehead atoms. The second-order valence-corrected chi connectivity index (χ2v) is 13.4. The van der Waals surface area contributed by atoms with Crippen molar-refractivity contribution in [1.29, 1.82) is 0 Å². The largest absolute Gasteiger partial charge is 0.293 e. The summed E-state index contributed by atoms with van der Waals surface area (Å²) >= 11 is 1.83. The summed E-state index contributed by atoms with van der Waals surface area (Å²) in [6.45, 7) is 0. The number of pyridine rings is 2. The highest BCUT2D eigenvalue weighted by Gasteiger charge is 2.28. The topological polar surface area (TPSA) is 61.4 Å². The van der Waals surface area contributed by atoms with E-state index in [1.165, 1.54) is 31.5 Å². The number of aromatic nitrogens is 6. The van der Waals surface area contributed by atoms with E-state index in [4.69, 9.17) is 19.9 Å². The molecule has 1 aliphatic rings. The molecule has 5 aromatic carbocycles. The first-order valence-corrected chi connectivity index (χ1v) is 17.1. The third-order valence-corrected chi connectivity index (χ3v) is 10.7. The van der Waals surface area contributed by atoms with Gasteiger partial charge >= 0.3 is 0 Å². The number of fused-ring (bicyclic) bond motifs is 10. The predicted octanol–water partition coefficient (Wildman–Crippen LogP) is 10.4. The quantitative estimate of drug-likeness (QED) is 0.179. The van der Waals surface area contributed by atoms with Gasteiger partial charge in [0.25, 0.3) is 0 Å². The highest BCUT2D eigenvalue weighted by atomic mass is 32.2. The third-order valence-electron chi connectivity index (χ3n) is 9.56. The smallest absolute Gasteiger partial charge is 0.237 e.